The lowest BCUT2D eigenvalue weighted by Gasteiger charge is -2.37. The van der Waals surface area contributed by atoms with Crippen molar-refractivity contribution in [1.82, 2.24) is 9.78 Å². The number of ketones is 1. The maximum Gasteiger partial charge on any atom is 0.171 e. The average Bonchev–Trinajstić information content (AvgIpc) is 2.98. The van der Waals surface area contributed by atoms with Gasteiger partial charge in [0.15, 0.2) is 5.78 Å². The smallest absolute Gasteiger partial charge is 0.171 e. The molecule has 1 atom stereocenters. The van der Waals surface area contributed by atoms with Crippen molar-refractivity contribution in [2.75, 3.05) is 12.3 Å². The van der Waals surface area contributed by atoms with Gasteiger partial charge in [-0.15, -0.1) is 0 Å². The summed E-state index contributed by atoms with van der Waals surface area (Å²) in [5.41, 5.74) is 6.44. The largest absolute Gasteiger partial charge is 0.383 e. The van der Waals surface area contributed by atoms with Crippen LogP contribution < -0.4 is 5.73 Å². The van der Waals surface area contributed by atoms with E-state index >= 15 is 0 Å². The first-order chi connectivity index (χ1) is 9.11. The Balaban J connectivity index is 1.78. The lowest BCUT2D eigenvalue weighted by Crippen LogP contribution is -2.39. The number of nitrogens with zero attached hydrogens (tertiary/aromatic N) is 2. The maximum absolute atomic E-state index is 12.6. The van der Waals surface area contributed by atoms with E-state index in [4.69, 9.17) is 10.5 Å². The summed E-state index contributed by atoms with van der Waals surface area (Å²) in [6, 6.07) is 0. The summed E-state index contributed by atoms with van der Waals surface area (Å²) in [5, 5.41) is 4.06. The van der Waals surface area contributed by atoms with Crippen molar-refractivity contribution in [3.63, 3.8) is 0 Å². The first-order valence-corrected chi connectivity index (χ1v) is 7.07. The Morgan fingerprint density at radius 3 is 2.89 bits per heavy atom. The fourth-order valence-corrected chi connectivity index (χ4v) is 3.48. The van der Waals surface area contributed by atoms with Gasteiger partial charge in [-0.05, 0) is 25.7 Å². The van der Waals surface area contributed by atoms with Gasteiger partial charge in [-0.3, -0.25) is 9.48 Å². The maximum atomic E-state index is 12.6. The SMILES string of the molecule is Cn1ncc(C(=O)C2CCOC3(CCCC3)C2)c1N. The molecular formula is C14H21N3O2. The molecule has 1 aromatic rings. The average molecular weight is 263 g/mol. The fourth-order valence-electron chi connectivity index (χ4n) is 3.48. The van der Waals surface area contributed by atoms with Crippen molar-refractivity contribution in [1.29, 1.82) is 0 Å². The summed E-state index contributed by atoms with van der Waals surface area (Å²) in [6.45, 7) is 0.691. The number of ether oxygens (including phenoxy) is 1. The van der Waals surface area contributed by atoms with E-state index in [0.29, 0.717) is 18.0 Å². The van der Waals surface area contributed by atoms with Gasteiger partial charge in [0.25, 0.3) is 0 Å². The van der Waals surface area contributed by atoms with Gasteiger partial charge in [0.1, 0.15) is 5.82 Å². The topological polar surface area (TPSA) is 70.1 Å². The Labute approximate surface area is 113 Å². The third-order valence-corrected chi connectivity index (χ3v) is 4.63. The molecule has 2 fully saturated rings. The van der Waals surface area contributed by atoms with Crippen LogP contribution in [0.5, 0.6) is 0 Å². The standard InChI is InChI=1S/C14H21N3O2/c1-17-13(15)11(9-16-17)12(18)10-4-7-19-14(8-10)5-2-3-6-14/h9-10H,2-8,15H2,1H3. The van der Waals surface area contributed by atoms with Crippen LogP contribution in [0, 0.1) is 5.92 Å². The summed E-state index contributed by atoms with van der Waals surface area (Å²) in [7, 11) is 1.76. The number of anilines is 1. The van der Waals surface area contributed by atoms with Crippen LogP contribution in [-0.2, 0) is 11.8 Å². The first-order valence-electron chi connectivity index (χ1n) is 7.07. The number of hydrogen-bond acceptors (Lipinski definition) is 4. The predicted octanol–water partition coefficient (Wildman–Crippen LogP) is 1.92. The van der Waals surface area contributed by atoms with Crippen molar-refractivity contribution < 1.29 is 9.53 Å². The van der Waals surface area contributed by atoms with Crippen LogP contribution in [0.4, 0.5) is 5.82 Å². The van der Waals surface area contributed by atoms with E-state index in [1.807, 2.05) is 0 Å². The van der Waals surface area contributed by atoms with E-state index in [0.717, 1.165) is 25.7 Å². The molecule has 2 aliphatic rings. The highest BCUT2D eigenvalue weighted by atomic mass is 16.5. The summed E-state index contributed by atoms with van der Waals surface area (Å²) in [4.78, 5) is 12.6. The van der Waals surface area contributed by atoms with Crippen molar-refractivity contribution in [2.45, 2.75) is 44.1 Å². The molecule has 1 saturated carbocycles. The van der Waals surface area contributed by atoms with Crippen LogP contribution in [0.3, 0.4) is 0 Å². The monoisotopic (exact) mass is 263 g/mol. The van der Waals surface area contributed by atoms with Gasteiger partial charge < -0.3 is 10.5 Å². The molecule has 1 aliphatic heterocycles. The van der Waals surface area contributed by atoms with Crippen molar-refractivity contribution in [3.05, 3.63) is 11.8 Å². The zero-order valence-electron chi connectivity index (χ0n) is 11.4. The van der Waals surface area contributed by atoms with Crippen molar-refractivity contribution in [2.24, 2.45) is 13.0 Å². The number of nitrogen functional groups attached to an aromatic ring is 1. The summed E-state index contributed by atoms with van der Waals surface area (Å²) < 4.78 is 7.53. The van der Waals surface area contributed by atoms with Gasteiger partial charge >= 0.3 is 0 Å². The van der Waals surface area contributed by atoms with Crippen LogP contribution in [0.1, 0.15) is 48.9 Å². The Hall–Kier alpha value is -1.36. The van der Waals surface area contributed by atoms with Gasteiger partial charge in [0.2, 0.25) is 0 Å². The van der Waals surface area contributed by atoms with Crippen molar-refractivity contribution in [3.8, 4) is 0 Å². The number of carbonyl (C=O) groups is 1. The summed E-state index contributed by atoms with van der Waals surface area (Å²) in [5.74, 6) is 0.649. The number of hydrogen-bond donors (Lipinski definition) is 1. The highest BCUT2D eigenvalue weighted by molar-refractivity contribution is 6.01. The third kappa shape index (κ3) is 2.16. The highest BCUT2D eigenvalue weighted by Crippen LogP contribution is 2.42. The van der Waals surface area contributed by atoms with Gasteiger partial charge in [-0.1, -0.05) is 12.8 Å². The lowest BCUT2D eigenvalue weighted by molar-refractivity contribution is -0.0866. The number of nitrogens with two attached hydrogens (primary N) is 1. The van der Waals surface area contributed by atoms with E-state index in [2.05, 4.69) is 5.10 Å². The number of carbonyl (C=O) groups excluding carboxylic acids is 1. The Bertz CT molecular complexity index is 489. The van der Waals surface area contributed by atoms with E-state index in [1.165, 1.54) is 12.8 Å². The molecule has 19 heavy (non-hydrogen) atoms. The molecule has 0 amide bonds. The minimum Gasteiger partial charge on any atom is -0.383 e. The molecule has 5 heteroatoms. The Morgan fingerprint density at radius 2 is 2.26 bits per heavy atom. The van der Waals surface area contributed by atoms with Crippen LogP contribution in [0.15, 0.2) is 6.20 Å². The van der Waals surface area contributed by atoms with Crippen LogP contribution >= 0.6 is 0 Å². The quantitative estimate of drug-likeness (QED) is 0.828. The molecule has 1 unspecified atom stereocenters. The molecule has 3 rings (SSSR count). The van der Waals surface area contributed by atoms with Gasteiger partial charge in [0.05, 0.1) is 17.4 Å². The minimum atomic E-state index is -0.0322. The molecule has 1 aliphatic carbocycles. The van der Waals surface area contributed by atoms with Gasteiger partial charge in [-0.2, -0.15) is 5.10 Å². The predicted molar refractivity (Wildman–Crippen MR) is 71.8 cm³/mol. The molecule has 104 valence electrons. The zero-order valence-corrected chi connectivity index (χ0v) is 11.4. The molecule has 0 bridgehead atoms. The molecule has 1 spiro atoms. The van der Waals surface area contributed by atoms with Crippen LogP contribution in [0.2, 0.25) is 0 Å². The zero-order chi connectivity index (χ0) is 13.5. The van der Waals surface area contributed by atoms with E-state index < -0.39 is 0 Å². The van der Waals surface area contributed by atoms with Gasteiger partial charge in [0, 0.05) is 19.6 Å². The summed E-state index contributed by atoms with van der Waals surface area (Å²) in [6.07, 6.45) is 7.87. The first kappa shape index (κ1) is 12.7. The normalized spacial score (nSPS) is 25.8. The van der Waals surface area contributed by atoms with Crippen LogP contribution in [0.25, 0.3) is 0 Å². The number of rotatable bonds is 2. The van der Waals surface area contributed by atoms with E-state index in [1.54, 1.807) is 17.9 Å². The second-order valence-electron chi connectivity index (χ2n) is 5.86. The third-order valence-electron chi connectivity index (χ3n) is 4.63. The second-order valence-corrected chi connectivity index (χ2v) is 5.86. The highest BCUT2D eigenvalue weighted by Gasteiger charge is 2.42. The molecule has 2 heterocycles. The Kier molecular flexibility index (Phi) is 3.09. The molecule has 0 radical (unpaired) electrons. The molecule has 2 N–H and O–H groups in total. The molecule has 5 nitrogen and oxygen atoms in total. The van der Waals surface area contributed by atoms with Crippen LogP contribution in [-0.4, -0.2) is 27.8 Å². The second kappa shape index (κ2) is 4.63. The molecule has 1 aromatic heterocycles. The minimum absolute atomic E-state index is 0.0322. The Morgan fingerprint density at radius 1 is 1.53 bits per heavy atom. The lowest BCUT2D eigenvalue weighted by atomic mass is 9.81. The molecule has 0 aromatic carbocycles. The molecular weight excluding hydrogens is 242 g/mol. The number of Topliss-reactive ketones (excluding diaryl/α,β-unsaturated/α-hetero) is 1. The number of aromatic nitrogens is 2. The fraction of sp³-hybridized carbons (Fsp3) is 0.714. The van der Waals surface area contributed by atoms with E-state index in [9.17, 15) is 4.79 Å². The molecule has 1 saturated heterocycles. The van der Waals surface area contributed by atoms with Gasteiger partial charge in [-0.25, -0.2) is 0 Å². The summed E-state index contributed by atoms with van der Waals surface area (Å²) >= 11 is 0. The van der Waals surface area contributed by atoms with Crippen molar-refractivity contribution >= 4 is 11.6 Å². The van der Waals surface area contributed by atoms with E-state index in [-0.39, 0.29) is 17.3 Å². The number of aryl methyl sites for hydroxylation is 1.